The number of sulfonamides is 1. The summed E-state index contributed by atoms with van der Waals surface area (Å²) in [6.07, 6.45) is 1.61. The third kappa shape index (κ3) is 3.81. The van der Waals surface area contributed by atoms with Crippen LogP contribution in [-0.4, -0.2) is 43.4 Å². The van der Waals surface area contributed by atoms with Crippen LogP contribution in [0, 0.1) is 5.92 Å². The van der Waals surface area contributed by atoms with Crippen molar-refractivity contribution in [3.05, 3.63) is 24.3 Å². The number of amides is 1. The van der Waals surface area contributed by atoms with Crippen molar-refractivity contribution in [2.45, 2.75) is 24.7 Å². The molecule has 0 spiro atoms. The molecule has 116 valence electrons. The van der Waals surface area contributed by atoms with Crippen molar-refractivity contribution < 1.29 is 18.3 Å². The standard InChI is InChI=1S/C14H20N2O4S/c1-11(18)15-13-4-6-14(7-5-13)21(19,20)16-8-2-3-12(9-16)10-17/h4-7,12,17H,2-3,8-10H2,1H3,(H,15,18)/t12-/m1/s1. The number of benzene rings is 1. The van der Waals surface area contributed by atoms with E-state index in [9.17, 15) is 18.3 Å². The largest absolute Gasteiger partial charge is 0.396 e. The maximum Gasteiger partial charge on any atom is 0.243 e. The van der Waals surface area contributed by atoms with Crippen molar-refractivity contribution in [1.82, 2.24) is 4.31 Å². The molecule has 1 amide bonds. The highest BCUT2D eigenvalue weighted by atomic mass is 32.2. The number of rotatable bonds is 4. The minimum Gasteiger partial charge on any atom is -0.396 e. The van der Waals surface area contributed by atoms with Crippen LogP contribution in [0.4, 0.5) is 5.69 Å². The minimum atomic E-state index is -3.54. The van der Waals surface area contributed by atoms with E-state index >= 15 is 0 Å². The summed E-state index contributed by atoms with van der Waals surface area (Å²) in [5.41, 5.74) is 0.563. The number of carbonyl (C=O) groups is 1. The van der Waals surface area contributed by atoms with Crippen LogP contribution < -0.4 is 5.32 Å². The van der Waals surface area contributed by atoms with E-state index in [-0.39, 0.29) is 23.3 Å². The third-order valence-electron chi connectivity index (χ3n) is 3.55. The van der Waals surface area contributed by atoms with Crippen molar-refractivity contribution in [3.8, 4) is 0 Å². The van der Waals surface area contributed by atoms with Gasteiger partial charge in [0.2, 0.25) is 15.9 Å². The monoisotopic (exact) mass is 312 g/mol. The fourth-order valence-corrected chi connectivity index (χ4v) is 4.01. The molecule has 1 aliphatic heterocycles. The lowest BCUT2D eigenvalue weighted by molar-refractivity contribution is -0.114. The van der Waals surface area contributed by atoms with Crippen LogP contribution in [0.3, 0.4) is 0 Å². The van der Waals surface area contributed by atoms with Gasteiger partial charge in [0.25, 0.3) is 0 Å². The number of aliphatic hydroxyl groups excluding tert-OH is 1. The van der Waals surface area contributed by atoms with Crippen molar-refractivity contribution in [1.29, 1.82) is 0 Å². The predicted molar refractivity (Wildman–Crippen MR) is 79.3 cm³/mol. The van der Waals surface area contributed by atoms with Gasteiger partial charge >= 0.3 is 0 Å². The minimum absolute atomic E-state index is 0.00665. The van der Waals surface area contributed by atoms with E-state index in [2.05, 4.69) is 5.32 Å². The second-order valence-corrected chi connectivity index (χ2v) is 7.20. The second-order valence-electron chi connectivity index (χ2n) is 5.26. The van der Waals surface area contributed by atoms with Gasteiger partial charge in [-0.1, -0.05) is 0 Å². The fraction of sp³-hybridized carbons (Fsp3) is 0.500. The highest BCUT2D eigenvalue weighted by Crippen LogP contribution is 2.24. The SMILES string of the molecule is CC(=O)Nc1ccc(S(=O)(=O)N2CCC[C@@H](CO)C2)cc1. The molecule has 0 aliphatic carbocycles. The van der Waals surface area contributed by atoms with Gasteiger partial charge in [0.15, 0.2) is 0 Å². The van der Waals surface area contributed by atoms with Gasteiger partial charge in [-0.05, 0) is 43.0 Å². The zero-order chi connectivity index (χ0) is 15.5. The first-order valence-corrected chi connectivity index (χ1v) is 8.36. The fourth-order valence-electron chi connectivity index (χ4n) is 2.46. The predicted octanol–water partition coefficient (Wildman–Crippen LogP) is 1.04. The summed E-state index contributed by atoms with van der Waals surface area (Å²) >= 11 is 0. The molecule has 1 saturated heterocycles. The van der Waals surface area contributed by atoms with Crippen molar-refractivity contribution in [3.63, 3.8) is 0 Å². The summed E-state index contributed by atoms with van der Waals surface area (Å²) in [5.74, 6) is -0.195. The zero-order valence-electron chi connectivity index (χ0n) is 11.9. The number of aliphatic hydroxyl groups is 1. The molecular weight excluding hydrogens is 292 g/mol. The molecule has 1 aromatic rings. The van der Waals surface area contributed by atoms with E-state index in [0.717, 1.165) is 12.8 Å². The summed E-state index contributed by atoms with van der Waals surface area (Å²) in [5, 5.41) is 11.8. The van der Waals surface area contributed by atoms with Gasteiger partial charge < -0.3 is 10.4 Å². The molecule has 1 fully saturated rings. The highest BCUT2D eigenvalue weighted by molar-refractivity contribution is 7.89. The molecule has 6 nitrogen and oxygen atoms in total. The molecule has 0 aromatic heterocycles. The Hall–Kier alpha value is -1.44. The van der Waals surface area contributed by atoms with Gasteiger partial charge in [0.05, 0.1) is 4.90 Å². The lowest BCUT2D eigenvalue weighted by Gasteiger charge is -2.30. The van der Waals surface area contributed by atoms with Crippen LogP contribution in [0.5, 0.6) is 0 Å². The van der Waals surface area contributed by atoms with Crippen LogP contribution >= 0.6 is 0 Å². The van der Waals surface area contributed by atoms with Crippen LogP contribution in [0.15, 0.2) is 29.2 Å². The first kappa shape index (κ1) is 15.9. The number of hydrogen-bond acceptors (Lipinski definition) is 4. The topological polar surface area (TPSA) is 86.7 Å². The van der Waals surface area contributed by atoms with E-state index in [1.165, 1.54) is 23.4 Å². The second kappa shape index (κ2) is 6.55. The number of nitrogens with zero attached hydrogens (tertiary/aromatic N) is 1. The zero-order valence-corrected chi connectivity index (χ0v) is 12.8. The molecule has 0 bridgehead atoms. The molecule has 1 atom stereocenters. The van der Waals surface area contributed by atoms with Crippen molar-refractivity contribution in [2.75, 3.05) is 25.0 Å². The Labute approximate surface area is 124 Å². The number of carbonyl (C=O) groups excluding carboxylic acids is 1. The first-order valence-electron chi connectivity index (χ1n) is 6.92. The van der Waals surface area contributed by atoms with Gasteiger partial charge in [0.1, 0.15) is 0 Å². The molecule has 0 radical (unpaired) electrons. The Morgan fingerprint density at radius 3 is 2.62 bits per heavy atom. The molecule has 0 unspecified atom stereocenters. The number of piperidine rings is 1. The van der Waals surface area contributed by atoms with Gasteiger partial charge in [-0.3, -0.25) is 4.79 Å². The molecular formula is C14H20N2O4S. The number of hydrogen-bond donors (Lipinski definition) is 2. The van der Waals surface area contributed by atoms with Crippen molar-refractivity contribution in [2.24, 2.45) is 5.92 Å². The Morgan fingerprint density at radius 2 is 2.05 bits per heavy atom. The van der Waals surface area contributed by atoms with Crippen LogP contribution in [0.2, 0.25) is 0 Å². The lowest BCUT2D eigenvalue weighted by Crippen LogP contribution is -2.40. The molecule has 2 N–H and O–H groups in total. The average Bonchev–Trinajstić information content (AvgIpc) is 2.47. The molecule has 7 heteroatoms. The maximum atomic E-state index is 12.5. The smallest absolute Gasteiger partial charge is 0.243 e. The Morgan fingerprint density at radius 1 is 1.38 bits per heavy atom. The van der Waals surface area contributed by atoms with Gasteiger partial charge in [-0.15, -0.1) is 0 Å². The first-order chi connectivity index (χ1) is 9.93. The van der Waals surface area contributed by atoms with E-state index in [1.54, 1.807) is 12.1 Å². The lowest BCUT2D eigenvalue weighted by atomic mass is 10.0. The Kier molecular flexibility index (Phi) is 4.97. The third-order valence-corrected chi connectivity index (χ3v) is 5.43. The summed E-state index contributed by atoms with van der Waals surface area (Å²) in [6, 6.07) is 6.12. The molecule has 1 heterocycles. The highest BCUT2D eigenvalue weighted by Gasteiger charge is 2.29. The summed E-state index contributed by atoms with van der Waals surface area (Å²) in [4.78, 5) is 11.2. The van der Waals surface area contributed by atoms with Crippen LogP contribution in [0.1, 0.15) is 19.8 Å². The summed E-state index contributed by atoms with van der Waals surface area (Å²) < 4.78 is 26.5. The van der Waals surface area contributed by atoms with E-state index < -0.39 is 10.0 Å². The normalized spacial score (nSPS) is 20.2. The molecule has 0 saturated carbocycles. The molecule has 21 heavy (non-hydrogen) atoms. The average molecular weight is 312 g/mol. The van der Waals surface area contributed by atoms with E-state index in [4.69, 9.17) is 0 Å². The quantitative estimate of drug-likeness (QED) is 0.869. The molecule has 1 aliphatic rings. The number of anilines is 1. The van der Waals surface area contributed by atoms with Gasteiger partial charge in [-0.2, -0.15) is 4.31 Å². The van der Waals surface area contributed by atoms with Crippen molar-refractivity contribution >= 4 is 21.6 Å². The van der Waals surface area contributed by atoms with E-state index in [1.807, 2.05) is 0 Å². The summed E-state index contributed by atoms with van der Waals surface area (Å²) in [6.45, 7) is 2.24. The van der Waals surface area contributed by atoms with Crippen LogP contribution in [0.25, 0.3) is 0 Å². The summed E-state index contributed by atoms with van der Waals surface area (Å²) in [7, 11) is -3.54. The van der Waals surface area contributed by atoms with E-state index in [0.29, 0.717) is 18.8 Å². The molecule has 2 rings (SSSR count). The Balaban J connectivity index is 2.17. The van der Waals surface area contributed by atoms with Gasteiger partial charge in [0, 0.05) is 32.3 Å². The molecule has 1 aromatic carbocycles. The van der Waals surface area contributed by atoms with Crippen LogP contribution in [-0.2, 0) is 14.8 Å². The van der Waals surface area contributed by atoms with Gasteiger partial charge in [-0.25, -0.2) is 8.42 Å². The number of nitrogens with one attached hydrogen (secondary N) is 1. The Bertz CT molecular complexity index is 598. The maximum absolute atomic E-state index is 12.5.